The second kappa shape index (κ2) is 10.3. The summed E-state index contributed by atoms with van der Waals surface area (Å²) in [6.45, 7) is 7.08. The van der Waals surface area contributed by atoms with E-state index >= 15 is 0 Å². The summed E-state index contributed by atoms with van der Waals surface area (Å²) in [6, 6.07) is 14.0. The van der Waals surface area contributed by atoms with Gasteiger partial charge in [-0.15, -0.1) is 0 Å². The summed E-state index contributed by atoms with van der Waals surface area (Å²) in [5, 5.41) is 5.16. The molecule has 0 radical (unpaired) electrons. The molecule has 0 atom stereocenters. The highest BCUT2D eigenvalue weighted by Crippen LogP contribution is 2.34. The predicted molar refractivity (Wildman–Crippen MR) is 151 cm³/mol. The Bertz CT molecular complexity index is 1600. The molecule has 10 nitrogen and oxygen atoms in total. The van der Waals surface area contributed by atoms with Crippen molar-refractivity contribution in [3.8, 4) is 5.69 Å². The summed E-state index contributed by atoms with van der Waals surface area (Å²) in [4.78, 5) is 28.1. The first-order chi connectivity index (χ1) is 19.3. The number of imide groups is 1. The zero-order valence-electron chi connectivity index (χ0n) is 22.5. The van der Waals surface area contributed by atoms with Crippen LogP contribution in [0.4, 0.5) is 5.69 Å². The first-order valence-electron chi connectivity index (χ1n) is 13.5. The Kier molecular flexibility index (Phi) is 6.81. The van der Waals surface area contributed by atoms with Crippen LogP contribution in [0.1, 0.15) is 50.5 Å². The second-order valence-electron chi connectivity index (χ2n) is 10.2. The van der Waals surface area contributed by atoms with Gasteiger partial charge in [0.1, 0.15) is 0 Å². The molecule has 0 saturated carbocycles. The third-order valence-electron chi connectivity index (χ3n) is 7.80. The van der Waals surface area contributed by atoms with Crippen LogP contribution in [0.5, 0.6) is 0 Å². The Balaban J connectivity index is 1.39. The number of nitrogens with zero attached hydrogens (tertiary/aromatic N) is 5. The summed E-state index contributed by atoms with van der Waals surface area (Å²) < 4.78 is 35.9. The summed E-state index contributed by atoms with van der Waals surface area (Å²) in [5.41, 5.74) is 4.83. The van der Waals surface area contributed by atoms with Gasteiger partial charge in [-0.25, -0.2) is 8.42 Å². The molecule has 0 aliphatic carbocycles. The molecule has 3 aliphatic heterocycles. The molecule has 6 rings (SSSR count). The Morgan fingerprint density at radius 3 is 2.15 bits per heavy atom. The Hall–Kier alpha value is -3.80. The van der Waals surface area contributed by atoms with Crippen molar-refractivity contribution in [1.82, 2.24) is 13.9 Å². The zero-order valence-corrected chi connectivity index (χ0v) is 23.4. The van der Waals surface area contributed by atoms with Crippen molar-refractivity contribution in [2.45, 2.75) is 31.6 Å². The number of hydrazone groups is 1. The third kappa shape index (κ3) is 4.43. The molecule has 2 amide bonds. The number of aromatic nitrogens is 1. The summed E-state index contributed by atoms with van der Waals surface area (Å²) >= 11 is 0. The van der Waals surface area contributed by atoms with Crippen molar-refractivity contribution < 1.29 is 22.7 Å². The van der Waals surface area contributed by atoms with Gasteiger partial charge in [-0.1, -0.05) is 12.1 Å². The maximum absolute atomic E-state index is 13.5. The van der Waals surface area contributed by atoms with E-state index in [9.17, 15) is 18.0 Å². The van der Waals surface area contributed by atoms with Crippen molar-refractivity contribution in [1.29, 1.82) is 0 Å². The van der Waals surface area contributed by atoms with Crippen LogP contribution in [-0.2, 0) is 14.8 Å². The van der Waals surface area contributed by atoms with Crippen LogP contribution in [0, 0.1) is 13.8 Å². The number of morpholine rings is 1. The standard InChI is InChI=1S/C29H31N5O5S/c1-20-17-22(19-30-34-28(35)24-7-3-4-8-25(24)29(34)36)21(2)33(20)27-18-23(9-10-26(27)31-11-5-6-12-31)40(37,38)32-13-15-39-16-14-32/h3-4,7-10,17-19H,5-6,11-16H2,1-2H3. The number of benzene rings is 2. The van der Waals surface area contributed by atoms with E-state index in [0.717, 1.165) is 59.3 Å². The second-order valence-corrected chi connectivity index (χ2v) is 12.2. The molecule has 2 saturated heterocycles. The quantitative estimate of drug-likeness (QED) is 0.338. The third-order valence-corrected chi connectivity index (χ3v) is 9.69. The number of hydrogen-bond acceptors (Lipinski definition) is 7. The number of rotatable bonds is 6. The molecule has 0 spiro atoms. The summed E-state index contributed by atoms with van der Waals surface area (Å²) in [5.74, 6) is -0.911. The van der Waals surface area contributed by atoms with E-state index in [-0.39, 0.29) is 4.90 Å². The van der Waals surface area contributed by atoms with Gasteiger partial charge in [0.15, 0.2) is 0 Å². The summed E-state index contributed by atoms with van der Waals surface area (Å²) in [7, 11) is -3.70. The molecule has 4 heterocycles. The van der Waals surface area contributed by atoms with E-state index in [0.29, 0.717) is 37.4 Å². The van der Waals surface area contributed by atoms with E-state index in [1.165, 1.54) is 10.5 Å². The van der Waals surface area contributed by atoms with E-state index in [2.05, 4.69) is 10.0 Å². The van der Waals surface area contributed by atoms with E-state index in [4.69, 9.17) is 4.74 Å². The normalized spacial score (nSPS) is 18.4. The number of aryl methyl sites for hydroxylation is 1. The fourth-order valence-corrected chi connectivity index (χ4v) is 7.12. The molecule has 0 bridgehead atoms. The minimum Gasteiger partial charge on any atom is -0.379 e. The van der Waals surface area contributed by atoms with Gasteiger partial charge < -0.3 is 14.2 Å². The lowest BCUT2D eigenvalue weighted by molar-refractivity contribution is 0.0660. The van der Waals surface area contributed by atoms with Crippen LogP contribution >= 0.6 is 0 Å². The number of carbonyl (C=O) groups is 2. The van der Waals surface area contributed by atoms with Crippen LogP contribution in [0.2, 0.25) is 0 Å². The number of fused-ring (bicyclic) bond motifs is 1. The lowest BCUT2D eigenvalue weighted by Crippen LogP contribution is -2.40. The van der Waals surface area contributed by atoms with Gasteiger partial charge in [0.25, 0.3) is 11.8 Å². The van der Waals surface area contributed by atoms with Crippen molar-refractivity contribution >= 4 is 33.7 Å². The molecular weight excluding hydrogens is 530 g/mol. The van der Waals surface area contributed by atoms with Crippen molar-refractivity contribution in [3.05, 3.63) is 76.6 Å². The average Bonchev–Trinajstić information content (AvgIpc) is 3.66. The topological polar surface area (TPSA) is 105 Å². The maximum atomic E-state index is 13.5. The lowest BCUT2D eigenvalue weighted by atomic mass is 10.1. The Morgan fingerprint density at radius 2 is 1.50 bits per heavy atom. The molecule has 0 N–H and O–H groups in total. The fraction of sp³-hybridized carbons (Fsp3) is 0.345. The SMILES string of the molecule is Cc1cc(C=NN2C(=O)c3ccccc3C2=O)c(C)n1-c1cc(S(=O)(=O)N2CCOCC2)ccc1N1CCCC1. The van der Waals surface area contributed by atoms with Crippen LogP contribution in [0.3, 0.4) is 0 Å². The lowest BCUT2D eigenvalue weighted by Gasteiger charge is -2.28. The highest BCUT2D eigenvalue weighted by atomic mass is 32.2. The van der Waals surface area contributed by atoms with Gasteiger partial charge in [-0.2, -0.15) is 14.4 Å². The van der Waals surface area contributed by atoms with Gasteiger partial charge in [-0.3, -0.25) is 9.59 Å². The van der Waals surface area contributed by atoms with Crippen LogP contribution in [0.15, 0.2) is 58.5 Å². The van der Waals surface area contributed by atoms with Gasteiger partial charge in [0.05, 0.1) is 46.8 Å². The predicted octanol–water partition coefficient (Wildman–Crippen LogP) is 3.35. The van der Waals surface area contributed by atoms with Crippen molar-refractivity contribution in [3.63, 3.8) is 0 Å². The van der Waals surface area contributed by atoms with Crippen LogP contribution in [0.25, 0.3) is 5.69 Å². The molecule has 40 heavy (non-hydrogen) atoms. The number of sulfonamides is 1. The molecule has 2 fully saturated rings. The van der Waals surface area contributed by atoms with Gasteiger partial charge in [-0.05, 0) is 63.1 Å². The fourth-order valence-electron chi connectivity index (χ4n) is 5.69. The highest BCUT2D eigenvalue weighted by molar-refractivity contribution is 7.89. The maximum Gasteiger partial charge on any atom is 0.282 e. The molecule has 11 heteroatoms. The highest BCUT2D eigenvalue weighted by Gasteiger charge is 2.35. The first-order valence-corrected chi connectivity index (χ1v) is 14.9. The molecule has 208 valence electrons. The van der Waals surface area contributed by atoms with Crippen molar-refractivity contribution in [2.24, 2.45) is 5.10 Å². The van der Waals surface area contributed by atoms with Gasteiger partial charge >= 0.3 is 0 Å². The number of amides is 2. The minimum absolute atomic E-state index is 0.237. The Morgan fingerprint density at radius 1 is 0.850 bits per heavy atom. The molecule has 3 aliphatic rings. The molecule has 0 unspecified atom stereocenters. The number of hydrogen-bond donors (Lipinski definition) is 0. The molecule has 1 aromatic heterocycles. The van der Waals surface area contributed by atoms with E-state index < -0.39 is 21.8 Å². The van der Waals surface area contributed by atoms with Gasteiger partial charge in [0.2, 0.25) is 10.0 Å². The first kappa shape index (κ1) is 26.4. The van der Waals surface area contributed by atoms with Crippen molar-refractivity contribution in [2.75, 3.05) is 44.3 Å². The van der Waals surface area contributed by atoms with Crippen LogP contribution in [-0.4, -0.2) is 79.7 Å². The average molecular weight is 562 g/mol. The van der Waals surface area contributed by atoms with E-state index in [1.54, 1.807) is 36.4 Å². The van der Waals surface area contributed by atoms with Gasteiger partial charge in [0, 0.05) is 43.1 Å². The molecule has 2 aromatic carbocycles. The zero-order chi connectivity index (χ0) is 28.0. The number of anilines is 1. The molecular formula is C29H31N5O5S. The van der Waals surface area contributed by atoms with E-state index in [1.807, 2.05) is 30.5 Å². The molecule has 3 aromatic rings. The number of ether oxygens (including phenoxy) is 1. The minimum atomic E-state index is -3.70. The summed E-state index contributed by atoms with van der Waals surface area (Å²) in [6.07, 6.45) is 3.68. The van der Waals surface area contributed by atoms with Crippen LogP contribution < -0.4 is 4.90 Å². The largest absolute Gasteiger partial charge is 0.379 e. The Labute approximate surface area is 233 Å². The number of carbonyl (C=O) groups excluding carboxylic acids is 2. The monoisotopic (exact) mass is 561 g/mol. The smallest absolute Gasteiger partial charge is 0.282 e.